The molecule has 1 heterocycles. The lowest BCUT2D eigenvalue weighted by Gasteiger charge is -2.23. The van der Waals surface area contributed by atoms with Gasteiger partial charge in [0.25, 0.3) is 5.91 Å². The van der Waals surface area contributed by atoms with E-state index in [0.717, 1.165) is 11.4 Å². The van der Waals surface area contributed by atoms with Gasteiger partial charge in [-0.25, -0.2) is 0 Å². The van der Waals surface area contributed by atoms with Gasteiger partial charge in [-0.2, -0.15) is 5.10 Å². The molecule has 16 heavy (non-hydrogen) atoms. The van der Waals surface area contributed by atoms with Crippen molar-refractivity contribution in [2.24, 2.45) is 7.05 Å². The molecule has 0 aliphatic rings. The Kier molecular flexibility index (Phi) is 3.97. The molecule has 0 saturated carbocycles. The lowest BCUT2D eigenvalue weighted by atomic mass is 10.1. The molecule has 0 saturated heterocycles. The Balaban J connectivity index is 3.05. The highest BCUT2D eigenvalue weighted by Crippen LogP contribution is 2.15. The summed E-state index contributed by atoms with van der Waals surface area (Å²) in [6, 6.07) is 0.0215. The van der Waals surface area contributed by atoms with Gasteiger partial charge in [0.2, 0.25) is 0 Å². The fourth-order valence-corrected chi connectivity index (χ4v) is 1.77. The van der Waals surface area contributed by atoms with Crippen molar-refractivity contribution >= 4 is 17.5 Å². The summed E-state index contributed by atoms with van der Waals surface area (Å²) in [6.45, 7) is 5.66. The van der Waals surface area contributed by atoms with Gasteiger partial charge >= 0.3 is 0 Å². The van der Waals surface area contributed by atoms with E-state index in [4.69, 9.17) is 11.6 Å². The number of aromatic nitrogens is 2. The van der Waals surface area contributed by atoms with Crippen molar-refractivity contribution in [3.63, 3.8) is 0 Å². The maximum absolute atomic E-state index is 12.2. The number of carbonyl (C=O) groups excluding carboxylic acids is 1. The van der Waals surface area contributed by atoms with Gasteiger partial charge in [0.1, 0.15) is 0 Å². The van der Waals surface area contributed by atoms with Gasteiger partial charge in [-0.15, -0.1) is 11.6 Å². The summed E-state index contributed by atoms with van der Waals surface area (Å²) >= 11 is 5.75. The van der Waals surface area contributed by atoms with E-state index in [2.05, 4.69) is 5.10 Å². The Labute approximate surface area is 101 Å². The predicted molar refractivity (Wildman–Crippen MR) is 65.0 cm³/mol. The predicted octanol–water partition coefficient (Wildman–Crippen LogP) is 1.74. The first-order valence-electron chi connectivity index (χ1n) is 5.23. The van der Waals surface area contributed by atoms with Gasteiger partial charge in [0.15, 0.2) is 0 Å². The Morgan fingerprint density at radius 1 is 1.56 bits per heavy atom. The summed E-state index contributed by atoms with van der Waals surface area (Å²) < 4.78 is 1.72. The van der Waals surface area contributed by atoms with E-state index in [-0.39, 0.29) is 11.9 Å². The van der Waals surface area contributed by atoms with Gasteiger partial charge < -0.3 is 4.90 Å². The number of alkyl halides is 1. The minimum absolute atomic E-state index is 0.0174. The number of halogens is 1. The lowest BCUT2D eigenvalue weighted by Crippen LogP contribution is -2.36. The molecule has 0 radical (unpaired) electrons. The summed E-state index contributed by atoms with van der Waals surface area (Å²) in [4.78, 5) is 13.9. The summed E-state index contributed by atoms with van der Waals surface area (Å²) in [5.41, 5.74) is 2.33. The molecule has 1 aromatic heterocycles. The average molecular weight is 244 g/mol. The lowest BCUT2D eigenvalue weighted by molar-refractivity contribution is 0.0755. The van der Waals surface area contributed by atoms with Crippen LogP contribution in [0.2, 0.25) is 0 Å². The Morgan fingerprint density at radius 3 is 2.50 bits per heavy atom. The number of hydrogen-bond acceptors (Lipinski definition) is 2. The van der Waals surface area contributed by atoms with Gasteiger partial charge in [-0.05, 0) is 20.8 Å². The first kappa shape index (κ1) is 13.0. The zero-order chi connectivity index (χ0) is 12.5. The fourth-order valence-electron chi connectivity index (χ4n) is 1.56. The molecule has 0 fully saturated rings. The fraction of sp³-hybridized carbons (Fsp3) is 0.636. The molecule has 4 nitrogen and oxygen atoms in total. The first-order valence-corrected chi connectivity index (χ1v) is 5.76. The number of aryl methyl sites for hydroxylation is 2. The molecule has 0 N–H and O–H groups in total. The third kappa shape index (κ3) is 2.21. The standard InChI is InChI=1S/C11H18ClN3O/c1-7(6-12)14(4)11(16)10-8(2)13-15(5)9(10)3/h7H,6H2,1-5H3. The highest BCUT2D eigenvalue weighted by Gasteiger charge is 2.23. The highest BCUT2D eigenvalue weighted by molar-refractivity contribution is 6.18. The van der Waals surface area contributed by atoms with E-state index in [0.29, 0.717) is 11.4 Å². The molecule has 0 spiro atoms. The van der Waals surface area contributed by atoms with Gasteiger partial charge in [-0.1, -0.05) is 0 Å². The van der Waals surface area contributed by atoms with Crippen LogP contribution >= 0.6 is 11.6 Å². The van der Waals surface area contributed by atoms with Gasteiger partial charge in [0.05, 0.1) is 11.3 Å². The van der Waals surface area contributed by atoms with Crippen molar-refractivity contribution in [1.29, 1.82) is 0 Å². The Hall–Kier alpha value is -1.03. The topological polar surface area (TPSA) is 38.1 Å². The van der Waals surface area contributed by atoms with Crippen LogP contribution in [-0.2, 0) is 7.05 Å². The van der Waals surface area contributed by atoms with E-state index >= 15 is 0 Å². The van der Waals surface area contributed by atoms with E-state index < -0.39 is 0 Å². The van der Waals surface area contributed by atoms with Crippen molar-refractivity contribution in [1.82, 2.24) is 14.7 Å². The third-order valence-electron chi connectivity index (χ3n) is 2.93. The van der Waals surface area contributed by atoms with E-state index in [1.807, 2.05) is 27.8 Å². The third-order valence-corrected chi connectivity index (χ3v) is 3.37. The summed E-state index contributed by atoms with van der Waals surface area (Å²) in [5.74, 6) is 0.414. The van der Waals surface area contributed by atoms with Crippen LogP contribution in [0.25, 0.3) is 0 Å². The normalized spacial score (nSPS) is 12.6. The van der Waals surface area contributed by atoms with Crippen LogP contribution in [-0.4, -0.2) is 39.6 Å². The van der Waals surface area contributed by atoms with E-state index in [1.54, 1.807) is 16.6 Å². The van der Waals surface area contributed by atoms with Crippen LogP contribution < -0.4 is 0 Å². The molecule has 0 aromatic carbocycles. The van der Waals surface area contributed by atoms with Crippen LogP contribution in [0.15, 0.2) is 0 Å². The molecule has 0 bridgehead atoms. The monoisotopic (exact) mass is 243 g/mol. The van der Waals surface area contributed by atoms with Crippen LogP contribution in [0.4, 0.5) is 0 Å². The SMILES string of the molecule is Cc1nn(C)c(C)c1C(=O)N(C)C(C)CCl. The number of nitrogens with zero attached hydrogens (tertiary/aromatic N) is 3. The Morgan fingerprint density at radius 2 is 2.12 bits per heavy atom. The van der Waals surface area contributed by atoms with Crippen LogP contribution in [0.1, 0.15) is 28.7 Å². The van der Waals surface area contributed by atoms with Crippen molar-refractivity contribution in [3.8, 4) is 0 Å². The molecule has 90 valence electrons. The van der Waals surface area contributed by atoms with Crippen LogP contribution in [0.3, 0.4) is 0 Å². The molecule has 1 aromatic rings. The van der Waals surface area contributed by atoms with Crippen molar-refractivity contribution in [2.45, 2.75) is 26.8 Å². The summed E-state index contributed by atoms with van der Waals surface area (Å²) in [7, 11) is 3.60. The molecule has 1 amide bonds. The molecular formula is C11H18ClN3O. The van der Waals surface area contributed by atoms with Crippen LogP contribution in [0.5, 0.6) is 0 Å². The second-order valence-electron chi connectivity index (χ2n) is 4.09. The maximum atomic E-state index is 12.2. The Bertz CT molecular complexity index is 400. The molecule has 1 unspecified atom stereocenters. The zero-order valence-corrected chi connectivity index (χ0v) is 11.2. The number of rotatable bonds is 3. The van der Waals surface area contributed by atoms with E-state index in [9.17, 15) is 4.79 Å². The number of amides is 1. The minimum Gasteiger partial charge on any atom is -0.338 e. The minimum atomic E-state index is -0.0174. The second kappa shape index (κ2) is 4.87. The van der Waals surface area contributed by atoms with E-state index in [1.165, 1.54) is 0 Å². The second-order valence-corrected chi connectivity index (χ2v) is 4.40. The molecule has 0 aliphatic heterocycles. The van der Waals surface area contributed by atoms with Crippen molar-refractivity contribution < 1.29 is 4.79 Å². The molecule has 1 atom stereocenters. The largest absolute Gasteiger partial charge is 0.338 e. The van der Waals surface area contributed by atoms with Gasteiger partial charge in [-0.3, -0.25) is 9.48 Å². The quantitative estimate of drug-likeness (QED) is 0.759. The maximum Gasteiger partial charge on any atom is 0.257 e. The smallest absolute Gasteiger partial charge is 0.257 e. The highest BCUT2D eigenvalue weighted by atomic mass is 35.5. The average Bonchev–Trinajstić information content (AvgIpc) is 2.50. The van der Waals surface area contributed by atoms with Gasteiger partial charge in [0, 0.05) is 31.7 Å². The molecule has 1 rings (SSSR count). The van der Waals surface area contributed by atoms with Crippen molar-refractivity contribution in [3.05, 3.63) is 17.0 Å². The van der Waals surface area contributed by atoms with Crippen LogP contribution in [0, 0.1) is 13.8 Å². The summed E-state index contributed by atoms with van der Waals surface area (Å²) in [5, 5.41) is 4.24. The first-order chi connectivity index (χ1) is 7.40. The molecule has 0 aliphatic carbocycles. The number of hydrogen-bond donors (Lipinski definition) is 0. The van der Waals surface area contributed by atoms with Crippen molar-refractivity contribution in [2.75, 3.05) is 12.9 Å². The molecule has 5 heteroatoms. The molecular weight excluding hydrogens is 226 g/mol. The summed E-state index contributed by atoms with van der Waals surface area (Å²) in [6.07, 6.45) is 0. The number of carbonyl (C=O) groups is 1. The zero-order valence-electron chi connectivity index (χ0n) is 10.4.